The highest BCUT2D eigenvalue weighted by Crippen LogP contribution is 2.52. The molecule has 0 atom stereocenters. The van der Waals surface area contributed by atoms with E-state index in [1.165, 1.54) is 24.0 Å². The van der Waals surface area contributed by atoms with Crippen LogP contribution in [0, 0.1) is 0 Å². The first-order valence-electron chi connectivity index (χ1n) is 13.1. The highest BCUT2D eigenvalue weighted by Gasteiger charge is 2.48. The van der Waals surface area contributed by atoms with Gasteiger partial charge < -0.3 is 15.1 Å². The van der Waals surface area contributed by atoms with E-state index in [4.69, 9.17) is 4.98 Å². The van der Waals surface area contributed by atoms with Gasteiger partial charge in [-0.05, 0) is 70.0 Å². The summed E-state index contributed by atoms with van der Waals surface area (Å²) in [5.41, 5.74) is 4.86. The van der Waals surface area contributed by atoms with Gasteiger partial charge in [-0.15, -0.1) is 6.58 Å². The zero-order valence-electron chi connectivity index (χ0n) is 22.5. The number of amides is 1. The molecule has 1 amide bonds. The number of allylic oxidation sites excluding steroid dienone is 4. The van der Waals surface area contributed by atoms with Gasteiger partial charge in [0, 0.05) is 42.6 Å². The van der Waals surface area contributed by atoms with Crippen LogP contribution in [-0.4, -0.2) is 55.2 Å². The third-order valence-corrected chi connectivity index (χ3v) is 7.36. The molecule has 5 rings (SSSR count). The Kier molecular flexibility index (Phi) is 6.79. The first-order chi connectivity index (χ1) is 18.3. The lowest BCUT2D eigenvalue weighted by molar-refractivity contribution is -0.117. The summed E-state index contributed by atoms with van der Waals surface area (Å²) in [4.78, 5) is 38.3. The van der Waals surface area contributed by atoms with Gasteiger partial charge >= 0.3 is 0 Å². The predicted octanol–water partition coefficient (Wildman–Crippen LogP) is 4.24. The minimum absolute atomic E-state index is 0.0566. The molecule has 1 aromatic carbocycles. The fourth-order valence-electron chi connectivity index (χ4n) is 5.41. The van der Waals surface area contributed by atoms with Gasteiger partial charge in [0.05, 0.1) is 12.2 Å². The SMILES string of the molecule is C=CCn1c(=O)c2cnc(Nc3ccc4c(c3)CN(C)CC43CC3)nc2n1C(/C=C\C)=C/N(C=O)C(C)C. The van der Waals surface area contributed by atoms with E-state index in [2.05, 4.69) is 47.0 Å². The van der Waals surface area contributed by atoms with Crippen LogP contribution < -0.4 is 10.9 Å². The van der Waals surface area contributed by atoms with E-state index in [1.54, 1.807) is 32.7 Å². The number of carbonyl (C=O) groups excluding carboxylic acids is 1. The van der Waals surface area contributed by atoms with Crippen LogP contribution in [0.1, 0.15) is 44.7 Å². The van der Waals surface area contributed by atoms with E-state index in [9.17, 15) is 9.59 Å². The molecule has 1 spiro atoms. The second-order valence-electron chi connectivity index (χ2n) is 10.6. The van der Waals surface area contributed by atoms with Crippen LogP contribution in [0.15, 0.2) is 60.2 Å². The number of rotatable bonds is 9. The van der Waals surface area contributed by atoms with Crippen LogP contribution in [0.2, 0.25) is 0 Å². The second-order valence-corrected chi connectivity index (χ2v) is 10.6. The molecule has 1 fully saturated rings. The summed E-state index contributed by atoms with van der Waals surface area (Å²) in [6, 6.07) is 6.45. The minimum atomic E-state index is -0.226. The summed E-state index contributed by atoms with van der Waals surface area (Å²) < 4.78 is 3.28. The maximum atomic E-state index is 13.3. The van der Waals surface area contributed by atoms with Gasteiger partial charge in [-0.3, -0.25) is 9.59 Å². The number of benzene rings is 1. The second kappa shape index (κ2) is 10.1. The number of carbonyl (C=O) groups is 1. The number of nitrogens with zero attached hydrogens (tertiary/aromatic N) is 6. The summed E-state index contributed by atoms with van der Waals surface area (Å²) >= 11 is 0. The van der Waals surface area contributed by atoms with Crippen LogP contribution in [0.3, 0.4) is 0 Å². The van der Waals surface area contributed by atoms with Crippen LogP contribution in [0.5, 0.6) is 0 Å². The van der Waals surface area contributed by atoms with Crippen molar-refractivity contribution in [3.05, 3.63) is 76.9 Å². The lowest BCUT2D eigenvalue weighted by Gasteiger charge is -2.32. The van der Waals surface area contributed by atoms with Gasteiger partial charge in [0.25, 0.3) is 5.56 Å². The average molecular weight is 514 g/mol. The summed E-state index contributed by atoms with van der Waals surface area (Å²) in [5.74, 6) is 0.392. The molecule has 1 N–H and O–H groups in total. The largest absolute Gasteiger partial charge is 0.324 e. The standard InChI is InChI=1S/C29H35N7O2/c1-6-8-23(17-34(19-37)20(3)4)36-26-24(27(38)35(36)13-7-2)15-30-28(32-26)31-22-9-10-25-21(14-22)16-33(5)18-29(25)11-12-29/h6-10,14-15,17,19-20H,2,11-13,16,18H2,1,3-5H3,(H,30,31,32)/b8-6-,23-17+. The molecule has 0 radical (unpaired) electrons. The smallest absolute Gasteiger partial charge is 0.278 e. The number of hydrogen-bond donors (Lipinski definition) is 1. The fraction of sp³-hybridized carbons (Fsp3) is 0.379. The number of aromatic nitrogens is 4. The average Bonchev–Trinajstić information content (AvgIpc) is 3.59. The molecular formula is C29H35N7O2. The Morgan fingerprint density at radius 1 is 1.32 bits per heavy atom. The van der Waals surface area contributed by atoms with Gasteiger partial charge in [0.15, 0.2) is 5.65 Å². The van der Waals surface area contributed by atoms with Gasteiger partial charge in [-0.1, -0.05) is 18.2 Å². The summed E-state index contributed by atoms with van der Waals surface area (Å²) in [7, 11) is 2.17. The molecule has 0 saturated heterocycles. The van der Waals surface area contributed by atoms with Crippen molar-refractivity contribution in [3.8, 4) is 0 Å². The van der Waals surface area contributed by atoms with Crippen LogP contribution in [-0.2, 0) is 23.3 Å². The molecular weight excluding hydrogens is 478 g/mol. The molecule has 198 valence electrons. The first-order valence-corrected chi connectivity index (χ1v) is 13.1. The van der Waals surface area contributed by atoms with Crippen molar-refractivity contribution in [2.45, 2.75) is 58.2 Å². The Labute approximate surface area is 222 Å². The Morgan fingerprint density at radius 3 is 2.76 bits per heavy atom. The number of hydrogen-bond acceptors (Lipinski definition) is 6. The molecule has 0 unspecified atom stereocenters. The molecule has 1 aliphatic heterocycles. The topological polar surface area (TPSA) is 88.3 Å². The molecule has 2 aliphatic rings. The summed E-state index contributed by atoms with van der Waals surface area (Å²) in [6.07, 6.45) is 11.9. The highest BCUT2D eigenvalue weighted by molar-refractivity contribution is 5.80. The molecule has 3 aromatic rings. The van der Waals surface area contributed by atoms with Crippen molar-refractivity contribution in [1.29, 1.82) is 0 Å². The number of likely N-dealkylation sites (N-methyl/N-ethyl adjacent to an activating group) is 1. The molecule has 9 nitrogen and oxygen atoms in total. The van der Waals surface area contributed by atoms with Crippen molar-refractivity contribution >= 4 is 34.8 Å². The molecule has 1 saturated carbocycles. The number of anilines is 2. The zero-order valence-corrected chi connectivity index (χ0v) is 22.5. The summed E-state index contributed by atoms with van der Waals surface area (Å²) in [6.45, 7) is 11.9. The van der Waals surface area contributed by atoms with E-state index >= 15 is 0 Å². The maximum Gasteiger partial charge on any atom is 0.278 e. The van der Waals surface area contributed by atoms with E-state index < -0.39 is 0 Å². The molecule has 3 heterocycles. The lowest BCUT2D eigenvalue weighted by Crippen LogP contribution is -2.35. The number of nitrogens with one attached hydrogen (secondary N) is 1. The minimum Gasteiger partial charge on any atom is -0.324 e. The predicted molar refractivity (Wildman–Crippen MR) is 151 cm³/mol. The van der Waals surface area contributed by atoms with Gasteiger partial charge in [-0.2, -0.15) is 4.98 Å². The van der Waals surface area contributed by atoms with Crippen LogP contribution in [0.4, 0.5) is 11.6 Å². The van der Waals surface area contributed by atoms with Crippen molar-refractivity contribution in [1.82, 2.24) is 29.1 Å². The van der Waals surface area contributed by atoms with E-state index in [0.717, 1.165) is 25.2 Å². The van der Waals surface area contributed by atoms with E-state index in [-0.39, 0.29) is 18.1 Å². The van der Waals surface area contributed by atoms with Crippen molar-refractivity contribution in [2.24, 2.45) is 0 Å². The summed E-state index contributed by atoms with van der Waals surface area (Å²) in [5, 5.41) is 3.74. The maximum absolute atomic E-state index is 13.3. The molecule has 2 aromatic heterocycles. The molecule has 1 aliphatic carbocycles. The van der Waals surface area contributed by atoms with E-state index in [0.29, 0.717) is 28.1 Å². The zero-order chi connectivity index (χ0) is 27.0. The van der Waals surface area contributed by atoms with Gasteiger partial charge in [0.2, 0.25) is 12.4 Å². The Balaban J connectivity index is 1.59. The van der Waals surface area contributed by atoms with Crippen LogP contribution in [0.25, 0.3) is 16.7 Å². The van der Waals surface area contributed by atoms with Crippen molar-refractivity contribution in [3.63, 3.8) is 0 Å². The monoisotopic (exact) mass is 513 g/mol. The lowest BCUT2D eigenvalue weighted by atomic mass is 9.87. The van der Waals surface area contributed by atoms with Gasteiger partial charge in [-0.25, -0.2) is 14.3 Å². The molecule has 0 bridgehead atoms. The Morgan fingerprint density at radius 2 is 2.11 bits per heavy atom. The highest BCUT2D eigenvalue weighted by atomic mass is 16.1. The third-order valence-electron chi connectivity index (χ3n) is 7.36. The van der Waals surface area contributed by atoms with Crippen LogP contribution >= 0.6 is 0 Å². The fourth-order valence-corrected chi connectivity index (χ4v) is 5.41. The Hall–Kier alpha value is -3.98. The van der Waals surface area contributed by atoms with Crippen molar-refractivity contribution in [2.75, 3.05) is 18.9 Å². The van der Waals surface area contributed by atoms with E-state index in [1.807, 2.05) is 32.9 Å². The quantitative estimate of drug-likeness (QED) is 0.262. The first kappa shape index (κ1) is 25.7. The Bertz CT molecular complexity index is 1510. The van der Waals surface area contributed by atoms with Crippen molar-refractivity contribution < 1.29 is 4.79 Å². The third kappa shape index (κ3) is 4.58. The molecule has 38 heavy (non-hydrogen) atoms. The number of fused-ring (bicyclic) bond motifs is 3. The van der Waals surface area contributed by atoms with Gasteiger partial charge in [0.1, 0.15) is 5.39 Å². The molecule has 9 heteroatoms. The normalized spacial score (nSPS) is 16.8.